The molecule has 0 bridgehead atoms. The number of carbonyl (C=O) groups excluding carboxylic acids is 1. The second-order valence-corrected chi connectivity index (χ2v) is 2.65. The van der Waals surface area contributed by atoms with Crippen molar-refractivity contribution in [2.24, 2.45) is 5.92 Å². The van der Waals surface area contributed by atoms with Crippen molar-refractivity contribution in [2.75, 3.05) is 0 Å². The molecule has 0 fully saturated rings. The first-order chi connectivity index (χ1) is 5.34. The molecule has 1 aliphatic carbocycles. The highest BCUT2D eigenvalue weighted by Gasteiger charge is 2.17. The van der Waals surface area contributed by atoms with Crippen molar-refractivity contribution in [2.45, 2.75) is 26.2 Å². The largest absolute Gasteiger partial charge is 0.295 e. The molecule has 0 aliphatic heterocycles. The Morgan fingerprint density at radius 1 is 1.64 bits per heavy atom. The standard InChI is InChI=1S/C10H12O/c1-2-3-4-6-9-7-5-8-10(9)11/h5,8-9H,2,6-7H2,1H3. The molecule has 1 nitrogen and oxygen atoms in total. The molecular formula is C10H12O. The van der Waals surface area contributed by atoms with Gasteiger partial charge in [-0.1, -0.05) is 13.0 Å². The molecule has 1 aliphatic rings. The Morgan fingerprint density at radius 2 is 2.45 bits per heavy atom. The molecule has 0 aromatic rings. The molecule has 0 radical (unpaired) electrons. The number of carbonyl (C=O) groups is 1. The molecule has 0 aromatic heterocycles. The second-order valence-electron chi connectivity index (χ2n) is 2.65. The van der Waals surface area contributed by atoms with Crippen LogP contribution in [0.3, 0.4) is 0 Å². The topological polar surface area (TPSA) is 17.1 Å². The number of allylic oxidation sites excluding steroid dienone is 2. The van der Waals surface area contributed by atoms with Gasteiger partial charge >= 0.3 is 0 Å². The normalized spacial score (nSPS) is 21.5. The Bertz CT molecular complexity index is 227. The Hall–Kier alpha value is -1.03. The van der Waals surface area contributed by atoms with Crippen LogP contribution in [-0.2, 0) is 4.79 Å². The summed E-state index contributed by atoms with van der Waals surface area (Å²) in [5.74, 6) is 6.37. The smallest absolute Gasteiger partial charge is 0.159 e. The van der Waals surface area contributed by atoms with Gasteiger partial charge < -0.3 is 0 Å². The fourth-order valence-electron chi connectivity index (χ4n) is 1.10. The Morgan fingerprint density at radius 3 is 3.00 bits per heavy atom. The van der Waals surface area contributed by atoms with E-state index in [9.17, 15) is 4.79 Å². The average Bonchev–Trinajstić information content (AvgIpc) is 2.37. The van der Waals surface area contributed by atoms with Crippen molar-refractivity contribution >= 4 is 5.78 Å². The summed E-state index contributed by atoms with van der Waals surface area (Å²) in [5, 5.41) is 0. The predicted molar refractivity (Wildman–Crippen MR) is 44.9 cm³/mol. The number of hydrogen-bond donors (Lipinski definition) is 0. The van der Waals surface area contributed by atoms with E-state index >= 15 is 0 Å². The van der Waals surface area contributed by atoms with Crippen LogP contribution in [0.5, 0.6) is 0 Å². The molecule has 0 amide bonds. The van der Waals surface area contributed by atoms with Crippen molar-refractivity contribution in [3.63, 3.8) is 0 Å². The fourth-order valence-corrected chi connectivity index (χ4v) is 1.10. The molecule has 0 heterocycles. The summed E-state index contributed by atoms with van der Waals surface area (Å²) in [6.45, 7) is 2.02. The lowest BCUT2D eigenvalue weighted by Crippen LogP contribution is -2.04. The van der Waals surface area contributed by atoms with Crippen LogP contribution in [0, 0.1) is 17.8 Å². The summed E-state index contributed by atoms with van der Waals surface area (Å²) in [5.41, 5.74) is 0. The molecule has 0 saturated heterocycles. The zero-order valence-electron chi connectivity index (χ0n) is 6.76. The molecule has 0 aromatic carbocycles. The van der Waals surface area contributed by atoms with Gasteiger partial charge in [-0.3, -0.25) is 4.79 Å². The minimum absolute atomic E-state index is 0.161. The van der Waals surface area contributed by atoms with Crippen molar-refractivity contribution in [1.29, 1.82) is 0 Å². The summed E-state index contributed by atoms with van der Waals surface area (Å²) in [4.78, 5) is 11.0. The highest BCUT2D eigenvalue weighted by molar-refractivity contribution is 5.94. The third-order valence-corrected chi connectivity index (χ3v) is 1.76. The maximum Gasteiger partial charge on any atom is 0.159 e. The minimum Gasteiger partial charge on any atom is -0.295 e. The summed E-state index contributed by atoms with van der Waals surface area (Å²) >= 11 is 0. The van der Waals surface area contributed by atoms with E-state index in [0.717, 1.165) is 19.3 Å². The van der Waals surface area contributed by atoms with Gasteiger partial charge in [0, 0.05) is 18.8 Å². The Kier molecular flexibility index (Phi) is 2.92. The van der Waals surface area contributed by atoms with Crippen LogP contribution in [0.1, 0.15) is 26.2 Å². The Labute approximate surface area is 67.5 Å². The van der Waals surface area contributed by atoms with E-state index in [2.05, 4.69) is 11.8 Å². The fraction of sp³-hybridized carbons (Fsp3) is 0.500. The average molecular weight is 148 g/mol. The Balaban J connectivity index is 2.34. The van der Waals surface area contributed by atoms with Gasteiger partial charge in [0.25, 0.3) is 0 Å². The van der Waals surface area contributed by atoms with Gasteiger partial charge in [-0.25, -0.2) is 0 Å². The summed E-state index contributed by atoms with van der Waals surface area (Å²) in [6.07, 6.45) is 6.10. The molecule has 1 unspecified atom stereocenters. The molecule has 1 rings (SSSR count). The predicted octanol–water partition coefficient (Wildman–Crippen LogP) is 1.94. The van der Waals surface area contributed by atoms with E-state index in [4.69, 9.17) is 0 Å². The van der Waals surface area contributed by atoms with E-state index in [1.807, 2.05) is 13.0 Å². The first-order valence-corrected chi connectivity index (χ1v) is 4.00. The van der Waals surface area contributed by atoms with E-state index in [0.29, 0.717) is 0 Å². The van der Waals surface area contributed by atoms with Gasteiger partial charge in [-0.05, 0) is 12.5 Å². The van der Waals surface area contributed by atoms with Gasteiger partial charge in [0.15, 0.2) is 5.78 Å². The molecule has 0 saturated carbocycles. The van der Waals surface area contributed by atoms with Crippen LogP contribution in [0.4, 0.5) is 0 Å². The van der Waals surface area contributed by atoms with Crippen molar-refractivity contribution < 1.29 is 4.79 Å². The van der Waals surface area contributed by atoms with Crippen LogP contribution in [0.25, 0.3) is 0 Å². The summed E-state index contributed by atoms with van der Waals surface area (Å²) in [7, 11) is 0. The first kappa shape index (κ1) is 8.07. The van der Waals surface area contributed by atoms with Gasteiger partial charge in [0.1, 0.15) is 0 Å². The van der Waals surface area contributed by atoms with Crippen LogP contribution >= 0.6 is 0 Å². The third kappa shape index (κ3) is 2.23. The molecule has 0 N–H and O–H groups in total. The molecule has 0 spiro atoms. The second kappa shape index (κ2) is 3.98. The van der Waals surface area contributed by atoms with Gasteiger partial charge in [-0.15, -0.1) is 11.8 Å². The lowest BCUT2D eigenvalue weighted by Gasteiger charge is -1.99. The number of ketones is 1. The minimum atomic E-state index is 0.161. The van der Waals surface area contributed by atoms with Crippen molar-refractivity contribution in [3.8, 4) is 11.8 Å². The van der Waals surface area contributed by atoms with E-state index in [-0.39, 0.29) is 11.7 Å². The lowest BCUT2D eigenvalue weighted by atomic mass is 10.0. The zero-order valence-corrected chi connectivity index (χ0v) is 6.76. The van der Waals surface area contributed by atoms with Gasteiger partial charge in [0.2, 0.25) is 0 Å². The van der Waals surface area contributed by atoms with Gasteiger partial charge in [-0.2, -0.15) is 0 Å². The number of hydrogen-bond acceptors (Lipinski definition) is 1. The summed E-state index contributed by atoms with van der Waals surface area (Å²) in [6, 6.07) is 0. The van der Waals surface area contributed by atoms with Crippen LogP contribution in [0.2, 0.25) is 0 Å². The zero-order chi connectivity index (χ0) is 8.10. The maximum atomic E-state index is 11.0. The summed E-state index contributed by atoms with van der Waals surface area (Å²) < 4.78 is 0. The quantitative estimate of drug-likeness (QED) is 0.519. The molecule has 11 heavy (non-hydrogen) atoms. The molecular weight excluding hydrogens is 136 g/mol. The maximum absolute atomic E-state index is 11.0. The van der Waals surface area contributed by atoms with Crippen molar-refractivity contribution in [3.05, 3.63) is 12.2 Å². The highest BCUT2D eigenvalue weighted by Crippen LogP contribution is 2.16. The first-order valence-electron chi connectivity index (χ1n) is 4.00. The lowest BCUT2D eigenvalue weighted by molar-refractivity contribution is -0.117. The van der Waals surface area contributed by atoms with Gasteiger partial charge in [0.05, 0.1) is 0 Å². The SMILES string of the molecule is CCC#CCC1CC=CC1=O. The van der Waals surface area contributed by atoms with Crippen LogP contribution in [-0.4, -0.2) is 5.78 Å². The molecule has 1 atom stereocenters. The monoisotopic (exact) mass is 148 g/mol. The van der Waals surface area contributed by atoms with Crippen LogP contribution in [0.15, 0.2) is 12.2 Å². The van der Waals surface area contributed by atoms with Crippen molar-refractivity contribution in [1.82, 2.24) is 0 Å². The van der Waals surface area contributed by atoms with E-state index in [1.165, 1.54) is 0 Å². The highest BCUT2D eigenvalue weighted by atomic mass is 16.1. The van der Waals surface area contributed by atoms with Crippen LogP contribution < -0.4 is 0 Å². The van der Waals surface area contributed by atoms with E-state index in [1.54, 1.807) is 6.08 Å². The van der Waals surface area contributed by atoms with E-state index < -0.39 is 0 Å². The third-order valence-electron chi connectivity index (χ3n) is 1.76. The number of rotatable bonds is 1. The molecule has 58 valence electrons. The molecule has 1 heteroatoms.